The molecular formula is C89H156O16P2. The van der Waals surface area contributed by atoms with Crippen molar-refractivity contribution in [2.24, 2.45) is 0 Å². The maximum Gasteiger partial charge on any atom is 0.472 e. The second-order valence-corrected chi connectivity index (χ2v) is 31.5. The highest BCUT2D eigenvalue weighted by Gasteiger charge is 2.29. The minimum Gasteiger partial charge on any atom is -0.463 e. The van der Waals surface area contributed by atoms with Gasteiger partial charge in [-0.2, -0.15) is 0 Å². The molecule has 0 aromatic rings. The first-order chi connectivity index (χ1) is 52.2. The Labute approximate surface area is 653 Å². The number of unbranched alkanes of at least 4 members (excludes halogenated alkanes) is 38. The molecule has 18 heteroatoms. The van der Waals surface area contributed by atoms with E-state index in [-0.39, 0.29) is 19.3 Å². The predicted octanol–water partition coefficient (Wildman–Crippen LogP) is 25.7. The molecule has 0 aliphatic heterocycles. The number of ether oxygens (including phenoxy) is 3. The van der Waals surface area contributed by atoms with Crippen LogP contribution in [0, 0.1) is 0 Å². The summed E-state index contributed by atoms with van der Waals surface area (Å²) in [6, 6.07) is 0. The summed E-state index contributed by atoms with van der Waals surface area (Å²) in [4.78, 5) is 58.8. The summed E-state index contributed by atoms with van der Waals surface area (Å²) in [6.45, 7) is 2.57. The predicted molar refractivity (Wildman–Crippen MR) is 445 cm³/mol. The lowest BCUT2D eigenvalue weighted by atomic mass is 10.0. The quantitative estimate of drug-likeness (QED) is 0.0146. The average molecular weight is 1540 g/mol. The number of aliphatic hydroxyl groups is 2. The van der Waals surface area contributed by atoms with Gasteiger partial charge in [0.25, 0.3) is 0 Å². The van der Waals surface area contributed by atoms with Gasteiger partial charge in [0.2, 0.25) is 0 Å². The Morgan fingerprint density at radius 1 is 0.271 bits per heavy atom. The van der Waals surface area contributed by atoms with Crippen LogP contribution in [-0.2, 0) is 55.8 Å². The first-order valence-electron chi connectivity index (χ1n) is 42.8. The summed E-state index contributed by atoms with van der Waals surface area (Å²) in [6.07, 6.45) is 98.2. The summed E-state index contributed by atoms with van der Waals surface area (Å²) in [5.41, 5.74) is 0. The van der Waals surface area contributed by atoms with Crippen LogP contribution >= 0.6 is 15.6 Å². The van der Waals surface area contributed by atoms with Gasteiger partial charge in [0.1, 0.15) is 25.4 Å². The molecule has 0 fully saturated rings. The molecule has 0 aliphatic rings. The van der Waals surface area contributed by atoms with Crippen molar-refractivity contribution in [3.8, 4) is 0 Å². The third kappa shape index (κ3) is 82.7. The Balaban J connectivity index is 4.52. The van der Waals surface area contributed by atoms with E-state index in [4.69, 9.17) is 32.3 Å². The normalized spacial score (nSPS) is 14.5. The highest BCUT2D eigenvalue weighted by Crippen LogP contribution is 2.45. The van der Waals surface area contributed by atoms with Crippen LogP contribution < -0.4 is 0 Å². The van der Waals surface area contributed by atoms with Crippen molar-refractivity contribution in [2.75, 3.05) is 39.6 Å². The molecule has 0 aromatic heterocycles. The van der Waals surface area contributed by atoms with Gasteiger partial charge in [0, 0.05) is 19.3 Å². The van der Waals surface area contributed by atoms with Crippen molar-refractivity contribution < 1.29 is 75.8 Å². The highest BCUT2D eigenvalue weighted by atomic mass is 31.2. The molecule has 16 nitrogen and oxygen atoms in total. The van der Waals surface area contributed by atoms with Crippen LogP contribution in [0.1, 0.15) is 367 Å². The smallest absolute Gasteiger partial charge is 0.463 e. The number of rotatable bonds is 81. The van der Waals surface area contributed by atoms with E-state index in [1.54, 1.807) is 0 Å². The monoisotopic (exact) mass is 1540 g/mol. The van der Waals surface area contributed by atoms with E-state index in [0.29, 0.717) is 19.3 Å². The van der Waals surface area contributed by atoms with Crippen LogP contribution in [0.5, 0.6) is 0 Å². The van der Waals surface area contributed by atoms with Crippen molar-refractivity contribution in [2.45, 2.75) is 386 Å². The highest BCUT2D eigenvalue weighted by molar-refractivity contribution is 7.47. The van der Waals surface area contributed by atoms with Gasteiger partial charge in [-0.25, -0.2) is 9.13 Å². The molecule has 618 valence electrons. The molecule has 5 unspecified atom stereocenters. The van der Waals surface area contributed by atoms with Crippen LogP contribution in [0.4, 0.5) is 0 Å². The molecule has 0 aliphatic carbocycles. The second-order valence-electron chi connectivity index (χ2n) is 28.6. The Morgan fingerprint density at radius 3 is 0.813 bits per heavy atom. The Morgan fingerprint density at radius 2 is 0.495 bits per heavy atom. The van der Waals surface area contributed by atoms with Crippen molar-refractivity contribution in [1.82, 2.24) is 0 Å². The Hall–Kier alpha value is -4.05. The third-order valence-electron chi connectivity index (χ3n) is 18.1. The van der Waals surface area contributed by atoms with E-state index < -0.39 is 91.5 Å². The molecular weight excluding hydrogens is 1390 g/mol. The fourth-order valence-corrected chi connectivity index (χ4v) is 13.2. The molecule has 0 rings (SSSR count). The van der Waals surface area contributed by atoms with Gasteiger partial charge in [-0.05, 0) is 135 Å². The third-order valence-corrected chi connectivity index (χ3v) is 20.0. The van der Waals surface area contributed by atoms with Crippen molar-refractivity contribution >= 4 is 33.6 Å². The lowest BCUT2D eigenvalue weighted by Gasteiger charge is -2.21. The number of aliphatic hydroxyl groups excluding tert-OH is 2. The van der Waals surface area contributed by atoms with Gasteiger partial charge >= 0.3 is 33.6 Å². The van der Waals surface area contributed by atoms with Gasteiger partial charge in [0.15, 0.2) is 6.10 Å². The number of phosphoric acid groups is 2. The number of esters is 3. The standard InChI is InChI=1S/C89H156O16P2/c1-4-7-10-13-16-19-22-25-28-30-32-34-36-38-40-41-43-45-46-48-50-52-55-57-60-63-66-69-72-75-87(92)99-78-84(90)79-101-106(95,96)102-80-85(91)81-103-107(97,98)104-83-86(105-89(94)77-74-71-68-65-62-59-54-27-24-21-18-15-12-9-6-3)82-100-88(93)76-73-70-67-64-61-58-56-53-51-49-47-44-42-39-37-35-33-31-29-26-23-20-17-14-11-8-5-2/h7,10,16-17,19-20,25-29,32-35,38-40,42,54,84-86,90-91H,4-6,8-9,11-15,18,21-24,30-31,36-37,41,43-53,55-83H2,1-3H3,(H,95,96)(H,97,98)/b10-7-,19-16-,20-17-,28-25-,29-26-,34-32-,35-33-,40-38-,42-39-,54-27-. The largest absolute Gasteiger partial charge is 0.472 e. The number of allylic oxidation sites excluding steroid dienone is 20. The van der Waals surface area contributed by atoms with E-state index in [9.17, 15) is 43.5 Å². The maximum absolute atomic E-state index is 13.0. The fourth-order valence-electron chi connectivity index (χ4n) is 11.6. The summed E-state index contributed by atoms with van der Waals surface area (Å²) in [5, 5.41) is 20.7. The summed E-state index contributed by atoms with van der Waals surface area (Å²) in [5.74, 6) is -1.58. The van der Waals surface area contributed by atoms with Gasteiger partial charge < -0.3 is 34.2 Å². The number of phosphoric ester groups is 2. The number of carbonyl (C=O) groups excluding carboxylic acids is 3. The van der Waals surface area contributed by atoms with E-state index in [1.807, 2.05) is 0 Å². The molecule has 0 saturated carbocycles. The van der Waals surface area contributed by atoms with Gasteiger partial charge in [-0.15, -0.1) is 0 Å². The van der Waals surface area contributed by atoms with Crippen LogP contribution in [0.3, 0.4) is 0 Å². The molecule has 5 atom stereocenters. The van der Waals surface area contributed by atoms with Crippen LogP contribution in [-0.4, -0.2) is 95.9 Å². The molecule has 0 radical (unpaired) electrons. The molecule has 0 spiro atoms. The summed E-state index contributed by atoms with van der Waals surface area (Å²) < 4.78 is 61.3. The first-order valence-corrected chi connectivity index (χ1v) is 45.8. The zero-order valence-corrected chi connectivity index (χ0v) is 69.6. The van der Waals surface area contributed by atoms with E-state index in [1.165, 1.54) is 161 Å². The number of hydrogen-bond acceptors (Lipinski definition) is 14. The molecule has 0 aromatic carbocycles. The lowest BCUT2D eigenvalue weighted by Crippen LogP contribution is -2.30. The van der Waals surface area contributed by atoms with Crippen LogP contribution in [0.25, 0.3) is 0 Å². The molecule has 0 heterocycles. The van der Waals surface area contributed by atoms with Gasteiger partial charge in [0.05, 0.1) is 26.4 Å². The zero-order valence-electron chi connectivity index (χ0n) is 67.8. The summed E-state index contributed by atoms with van der Waals surface area (Å²) in [7, 11) is -9.80. The van der Waals surface area contributed by atoms with Crippen LogP contribution in [0.2, 0.25) is 0 Å². The fraction of sp³-hybridized carbons (Fsp3) is 0.742. The topological polar surface area (TPSA) is 231 Å². The lowest BCUT2D eigenvalue weighted by molar-refractivity contribution is -0.161. The Bertz CT molecular complexity index is 2430. The minimum atomic E-state index is -4.94. The summed E-state index contributed by atoms with van der Waals surface area (Å²) >= 11 is 0. The van der Waals surface area contributed by atoms with Crippen molar-refractivity contribution in [3.63, 3.8) is 0 Å². The van der Waals surface area contributed by atoms with Crippen molar-refractivity contribution in [1.29, 1.82) is 0 Å². The second kappa shape index (κ2) is 81.4. The van der Waals surface area contributed by atoms with E-state index in [0.717, 1.165) is 148 Å². The molecule has 0 bridgehead atoms. The van der Waals surface area contributed by atoms with E-state index >= 15 is 0 Å². The first kappa shape index (κ1) is 103. The van der Waals surface area contributed by atoms with Gasteiger partial charge in [-0.3, -0.25) is 32.5 Å². The number of carbonyl (C=O) groups is 3. The maximum atomic E-state index is 13.0. The molecule has 0 saturated heterocycles. The minimum absolute atomic E-state index is 0.0943. The molecule has 4 N–H and O–H groups in total. The SMILES string of the molecule is CC/C=C\C/C=C\C/C=C\C/C=C\C/C=C\CCCCCCCCCCCCCCCC(=O)OCC(O)COP(=O)(O)OCC(O)COP(=O)(O)OCC(COC(=O)CCCCCCCCCCCCC/C=C\C/C=C\C/C=C\C/C=C\CCCCC)OC(=O)CCCCCCC/C=C\CCCCCCCC. The van der Waals surface area contributed by atoms with Crippen LogP contribution in [0.15, 0.2) is 122 Å². The molecule has 0 amide bonds. The Kier molecular flexibility index (Phi) is 78.4. The average Bonchev–Trinajstić information content (AvgIpc) is 0.914. The molecule has 107 heavy (non-hydrogen) atoms. The zero-order chi connectivity index (χ0) is 78.0. The van der Waals surface area contributed by atoms with Crippen molar-refractivity contribution in [3.05, 3.63) is 122 Å². The number of hydrogen-bond donors (Lipinski definition) is 4. The van der Waals surface area contributed by atoms with Gasteiger partial charge in [-0.1, -0.05) is 335 Å². The van der Waals surface area contributed by atoms with E-state index in [2.05, 4.69) is 142 Å².